The Hall–Kier alpha value is -3.33. The van der Waals surface area contributed by atoms with Crippen molar-refractivity contribution in [2.24, 2.45) is 5.92 Å². The number of methoxy groups -OCH3 is 2. The summed E-state index contributed by atoms with van der Waals surface area (Å²) in [5.41, 5.74) is 1.96. The first-order chi connectivity index (χ1) is 15.0. The van der Waals surface area contributed by atoms with Gasteiger partial charge in [0.1, 0.15) is 11.7 Å². The molecule has 1 aromatic heterocycles. The smallest absolute Gasteiger partial charge is 0.359 e. The lowest BCUT2D eigenvalue weighted by Crippen LogP contribution is -2.48. The third-order valence-electron chi connectivity index (χ3n) is 5.47. The van der Waals surface area contributed by atoms with E-state index in [1.54, 1.807) is 6.07 Å². The van der Waals surface area contributed by atoms with Gasteiger partial charge in [0, 0.05) is 16.0 Å². The highest BCUT2D eigenvalue weighted by Crippen LogP contribution is 2.53. The fraction of sp³-hybridized carbons (Fsp3) is 0.227. The molecule has 0 aliphatic carbocycles. The summed E-state index contributed by atoms with van der Waals surface area (Å²) in [6.07, 6.45) is -0.941. The van der Waals surface area contributed by atoms with E-state index in [2.05, 4.69) is 21.0 Å². The van der Waals surface area contributed by atoms with Gasteiger partial charge < -0.3 is 18.9 Å². The Morgan fingerprint density at radius 3 is 2.55 bits per heavy atom. The summed E-state index contributed by atoms with van der Waals surface area (Å²) >= 11 is 3.48. The van der Waals surface area contributed by atoms with Gasteiger partial charge in [-0.25, -0.2) is 4.79 Å². The van der Waals surface area contributed by atoms with Crippen LogP contribution in [0.15, 0.2) is 53.0 Å². The maximum atomic E-state index is 12.8. The zero-order valence-corrected chi connectivity index (χ0v) is 18.2. The Balaban J connectivity index is 1.81. The van der Waals surface area contributed by atoms with Crippen LogP contribution in [0.4, 0.5) is 0 Å². The number of aromatic nitrogens is 2. The molecule has 2 aromatic carbocycles. The number of hydrogen-bond donors (Lipinski definition) is 0. The molecular weight excluding hydrogens is 468 g/mol. The molecule has 0 saturated heterocycles. The average molecular weight is 485 g/mol. The van der Waals surface area contributed by atoms with Crippen molar-refractivity contribution in [1.29, 1.82) is 0 Å². The minimum absolute atomic E-state index is 0.0755. The Kier molecular flexibility index (Phi) is 4.70. The molecule has 0 saturated carbocycles. The van der Waals surface area contributed by atoms with Crippen LogP contribution in [0.3, 0.4) is 0 Å². The molecule has 8 nitrogen and oxygen atoms in total. The molecule has 2 aliphatic rings. The van der Waals surface area contributed by atoms with Crippen LogP contribution in [0, 0.1) is 5.92 Å². The number of nitrogens with zero attached hydrogens (tertiary/aromatic N) is 2. The third kappa shape index (κ3) is 2.99. The van der Waals surface area contributed by atoms with Crippen LogP contribution >= 0.6 is 15.9 Å². The van der Waals surface area contributed by atoms with Gasteiger partial charge in [0.25, 0.3) is 6.29 Å². The predicted octanol–water partition coefficient (Wildman–Crippen LogP) is 3.45. The molecule has 2 bridgehead atoms. The highest BCUT2D eigenvalue weighted by Gasteiger charge is 2.53. The average Bonchev–Trinajstić information content (AvgIpc) is 3.17. The number of para-hydroxylation sites is 1. The van der Waals surface area contributed by atoms with E-state index in [1.807, 2.05) is 42.5 Å². The van der Waals surface area contributed by atoms with E-state index in [0.717, 1.165) is 10.0 Å². The van der Waals surface area contributed by atoms with E-state index in [0.29, 0.717) is 22.9 Å². The summed E-state index contributed by atoms with van der Waals surface area (Å²) in [5.74, 6) is -1.64. The van der Waals surface area contributed by atoms with E-state index in [1.165, 1.54) is 18.9 Å². The van der Waals surface area contributed by atoms with Crippen LogP contribution in [0.1, 0.15) is 27.5 Å². The van der Waals surface area contributed by atoms with Crippen molar-refractivity contribution in [3.63, 3.8) is 0 Å². The number of carbonyl (C=O) groups is 2. The maximum absolute atomic E-state index is 12.8. The Morgan fingerprint density at radius 1 is 1.06 bits per heavy atom. The number of carbonyl (C=O) groups excluding carboxylic acids is 2. The van der Waals surface area contributed by atoms with E-state index in [9.17, 15) is 9.59 Å². The van der Waals surface area contributed by atoms with Crippen molar-refractivity contribution in [2.45, 2.75) is 12.2 Å². The summed E-state index contributed by atoms with van der Waals surface area (Å²) in [6, 6.07) is 14.7. The number of ether oxygens (including phenoxy) is 4. The van der Waals surface area contributed by atoms with Crippen LogP contribution in [0.25, 0.3) is 5.69 Å². The molecule has 0 amide bonds. The highest BCUT2D eigenvalue weighted by atomic mass is 79.9. The van der Waals surface area contributed by atoms with E-state index >= 15 is 0 Å². The minimum Gasteiger partial charge on any atom is -0.469 e. The first-order valence-electron chi connectivity index (χ1n) is 9.50. The van der Waals surface area contributed by atoms with E-state index < -0.39 is 30.1 Å². The zero-order valence-electron chi connectivity index (χ0n) is 16.6. The molecule has 158 valence electrons. The normalized spacial score (nSPS) is 20.5. The molecular formula is C22H17BrN2O6. The number of fused-ring (bicyclic) bond motifs is 6. The van der Waals surface area contributed by atoms with E-state index in [-0.39, 0.29) is 5.69 Å². The van der Waals surface area contributed by atoms with Crippen molar-refractivity contribution >= 4 is 27.9 Å². The number of esters is 2. The van der Waals surface area contributed by atoms with E-state index in [4.69, 9.17) is 18.9 Å². The molecule has 3 atom stereocenters. The molecule has 0 spiro atoms. The largest absolute Gasteiger partial charge is 0.469 e. The highest BCUT2D eigenvalue weighted by molar-refractivity contribution is 9.10. The first-order valence-corrected chi connectivity index (χ1v) is 10.3. The molecule has 0 radical (unpaired) electrons. The fourth-order valence-corrected chi connectivity index (χ4v) is 4.52. The summed E-state index contributed by atoms with van der Waals surface area (Å²) in [5, 5.41) is 4.51. The summed E-state index contributed by atoms with van der Waals surface area (Å²) in [6.45, 7) is 0. The molecule has 9 heteroatoms. The SMILES string of the molecule is COC(=O)c1nn(-c2ccccc2)c2c1[C@@H]1c3cc(Br)ccc3O[C@H](O2)[C@@H]1C(=O)OC. The third-order valence-corrected chi connectivity index (χ3v) is 5.97. The van der Waals surface area contributed by atoms with Gasteiger partial charge in [-0.05, 0) is 30.3 Å². The first kappa shape index (κ1) is 19.6. The van der Waals surface area contributed by atoms with Gasteiger partial charge in [0.2, 0.25) is 5.88 Å². The lowest BCUT2D eigenvalue weighted by molar-refractivity contribution is -0.162. The second kappa shape index (κ2) is 7.42. The van der Waals surface area contributed by atoms with Crippen LogP contribution in [0.2, 0.25) is 0 Å². The standard InChI is InChI=1S/C22H17BrN2O6/c1-28-20(26)17-15-13-10-11(23)8-9-14(13)30-22(17)31-19-16(15)18(21(27)29-2)24-25(19)12-6-4-3-5-7-12/h3-10,15,17,22H,1-2H3/t15-,17-,22+/m0/s1. The Morgan fingerprint density at radius 2 is 1.84 bits per heavy atom. The number of benzene rings is 2. The van der Waals surface area contributed by atoms with Gasteiger partial charge in [0.05, 0.1) is 25.5 Å². The summed E-state index contributed by atoms with van der Waals surface area (Å²) < 4.78 is 24.6. The van der Waals surface area contributed by atoms with Crippen molar-refractivity contribution in [2.75, 3.05) is 14.2 Å². The van der Waals surface area contributed by atoms with Crippen LogP contribution < -0.4 is 9.47 Å². The van der Waals surface area contributed by atoms with Crippen LogP contribution in [-0.4, -0.2) is 42.2 Å². The quantitative estimate of drug-likeness (QED) is 0.525. The van der Waals surface area contributed by atoms with Gasteiger partial charge in [-0.2, -0.15) is 9.78 Å². The van der Waals surface area contributed by atoms with Crippen molar-refractivity contribution < 1.29 is 28.5 Å². The topological polar surface area (TPSA) is 88.9 Å². The lowest BCUT2D eigenvalue weighted by atomic mass is 9.76. The second-order valence-electron chi connectivity index (χ2n) is 7.12. The number of rotatable bonds is 3. The zero-order chi connectivity index (χ0) is 21.7. The monoisotopic (exact) mass is 484 g/mol. The predicted molar refractivity (Wildman–Crippen MR) is 111 cm³/mol. The molecule has 3 heterocycles. The molecule has 0 fully saturated rings. The summed E-state index contributed by atoms with van der Waals surface area (Å²) in [7, 11) is 2.60. The minimum atomic E-state index is -0.941. The fourth-order valence-electron chi connectivity index (χ4n) is 4.14. The Labute approximate surface area is 185 Å². The van der Waals surface area contributed by atoms with Crippen molar-refractivity contribution in [1.82, 2.24) is 9.78 Å². The number of halogens is 1. The van der Waals surface area contributed by atoms with Gasteiger partial charge in [-0.3, -0.25) is 4.79 Å². The van der Waals surface area contributed by atoms with Crippen molar-refractivity contribution in [3.05, 3.63) is 69.8 Å². The Bertz CT molecular complexity index is 1190. The molecule has 31 heavy (non-hydrogen) atoms. The van der Waals surface area contributed by atoms with Gasteiger partial charge in [-0.1, -0.05) is 34.1 Å². The van der Waals surface area contributed by atoms with Crippen molar-refractivity contribution in [3.8, 4) is 17.3 Å². The number of hydrogen-bond acceptors (Lipinski definition) is 7. The lowest BCUT2D eigenvalue weighted by Gasteiger charge is -2.41. The molecule has 5 rings (SSSR count). The van der Waals surface area contributed by atoms with Crippen LogP contribution in [0.5, 0.6) is 11.6 Å². The second-order valence-corrected chi connectivity index (χ2v) is 8.03. The van der Waals surface area contributed by atoms with Crippen LogP contribution in [-0.2, 0) is 14.3 Å². The molecule has 0 unspecified atom stereocenters. The maximum Gasteiger partial charge on any atom is 0.359 e. The van der Waals surface area contributed by atoms with Gasteiger partial charge >= 0.3 is 11.9 Å². The molecule has 2 aliphatic heterocycles. The summed E-state index contributed by atoms with van der Waals surface area (Å²) in [4.78, 5) is 25.5. The van der Waals surface area contributed by atoms with Gasteiger partial charge in [0.15, 0.2) is 5.69 Å². The molecule has 0 N–H and O–H groups in total. The molecule has 3 aromatic rings. The van der Waals surface area contributed by atoms with Gasteiger partial charge in [-0.15, -0.1) is 0 Å².